The zero-order chi connectivity index (χ0) is 32.2. The van der Waals surface area contributed by atoms with E-state index in [4.69, 9.17) is 0 Å². The maximum absolute atomic E-state index is 14.0. The Hall–Kier alpha value is -4.05. The number of aliphatic hydroxyl groups is 4. The predicted octanol–water partition coefficient (Wildman–Crippen LogP) is 0.161. The van der Waals surface area contributed by atoms with Crippen LogP contribution < -0.4 is 5.32 Å². The number of likely N-dealkylation sites (N-methyl/N-ethyl adjacent to an activating group) is 1. The minimum atomic E-state index is -2.95. The molecule has 4 aliphatic rings. The molecule has 5 rings (SSSR count). The highest BCUT2D eigenvalue weighted by molar-refractivity contribution is 6.25. The van der Waals surface area contributed by atoms with Crippen molar-refractivity contribution in [2.24, 2.45) is 17.8 Å². The van der Waals surface area contributed by atoms with Crippen LogP contribution in [0.25, 0.3) is 0 Å². The van der Waals surface area contributed by atoms with Gasteiger partial charge in [0.1, 0.15) is 22.8 Å². The molecule has 0 bridgehead atoms. The number of fused-ring (bicyclic) bond motifs is 3. The molecule has 6 unspecified atom stereocenters. The summed E-state index contributed by atoms with van der Waals surface area (Å²) in [5.74, 6) is -8.72. The summed E-state index contributed by atoms with van der Waals surface area (Å²) in [6.07, 6.45) is -0.511. The number of Topliss-reactive ketones (excluding diaryl/α,β-unsaturated/α-hetero) is 2. The molecular weight excluding hydrogens is 580 g/mol. The van der Waals surface area contributed by atoms with Gasteiger partial charge in [0.05, 0.1) is 36.9 Å². The van der Waals surface area contributed by atoms with Gasteiger partial charge in [0.25, 0.3) is 11.0 Å². The van der Waals surface area contributed by atoms with Gasteiger partial charge < -0.3 is 35.7 Å². The summed E-state index contributed by atoms with van der Waals surface area (Å²) in [6, 6.07) is 3.12. The molecule has 1 aliphatic heterocycles. The molecule has 1 saturated heterocycles. The van der Waals surface area contributed by atoms with Crippen LogP contribution in [0.3, 0.4) is 0 Å². The molecule has 0 aromatic heterocycles. The molecule has 0 radical (unpaired) electrons. The second-order valence-electron chi connectivity index (χ2n) is 12.2. The molecule has 1 aromatic carbocycles. The zero-order valence-electron chi connectivity index (χ0n) is 24.5. The van der Waals surface area contributed by atoms with Crippen molar-refractivity contribution in [3.8, 4) is 5.75 Å². The second kappa shape index (κ2) is 11.5. The number of hydrogen-bond donors (Lipinski definition) is 6. The van der Waals surface area contributed by atoms with Gasteiger partial charge in [-0.2, -0.15) is 0 Å². The number of hydrogen-bond acceptors (Lipinski definition) is 13. The van der Waals surface area contributed by atoms with Crippen molar-refractivity contribution >= 4 is 17.5 Å². The first-order chi connectivity index (χ1) is 20.7. The van der Waals surface area contributed by atoms with Gasteiger partial charge in [0.15, 0.2) is 11.4 Å². The van der Waals surface area contributed by atoms with Crippen molar-refractivity contribution in [3.05, 3.63) is 62.1 Å². The summed E-state index contributed by atoms with van der Waals surface area (Å²) in [6.45, 7) is 2.52. The van der Waals surface area contributed by atoms with Crippen LogP contribution in [0.2, 0.25) is 0 Å². The van der Waals surface area contributed by atoms with Crippen LogP contribution >= 0.6 is 0 Å². The van der Waals surface area contributed by atoms with Gasteiger partial charge >= 0.3 is 0 Å². The SMILES string of the molecule is CC1c2cccc(O)c2C(=O)C2=C(O)C3(O)C(=O)C(C(=O)NCN4CCC(CO[N+](=O)[O-])CC4)=C(O)C(N(C)C)C3C(O)C21. The fourth-order valence-corrected chi connectivity index (χ4v) is 7.31. The Morgan fingerprint density at radius 3 is 2.48 bits per heavy atom. The van der Waals surface area contributed by atoms with E-state index in [-0.39, 0.29) is 30.5 Å². The smallest absolute Gasteiger partial charge is 0.294 e. The van der Waals surface area contributed by atoms with Gasteiger partial charge in [-0.05, 0) is 50.4 Å². The van der Waals surface area contributed by atoms with E-state index in [2.05, 4.69) is 10.2 Å². The topological polar surface area (TPSA) is 223 Å². The fraction of sp³-hybridized carbons (Fsp3) is 0.552. The van der Waals surface area contributed by atoms with E-state index in [1.54, 1.807) is 13.0 Å². The number of likely N-dealkylation sites (tertiary alicyclic amines) is 1. The van der Waals surface area contributed by atoms with Crippen LogP contribution in [0.4, 0.5) is 0 Å². The Bertz CT molecular complexity index is 1460. The average molecular weight is 617 g/mol. The number of amides is 1. The summed E-state index contributed by atoms with van der Waals surface area (Å²) in [5.41, 5.74) is -3.92. The number of piperidine rings is 1. The van der Waals surface area contributed by atoms with Crippen LogP contribution in [0.1, 0.15) is 41.6 Å². The van der Waals surface area contributed by atoms with E-state index in [1.165, 1.54) is 31.1 Å². The standard InChI is InChI=1S/C29H36N4O11/c1-13-15-5-4-6-16(34)18(15)23(35)19-17(13)24(36)21-22(31(2)3)25(37)20(27(39)29(21,41)26(19)38)28(40)30-12-32-9-7-14(8-10-32)11-44-33(42)43/h4-6,13-14,17,21-22,24,34,36-38,41H,7-12H2,1-3H3,(H,30,40). The second-order valence-corrected chi connectivity index (χ2v) is 12.2. The highest BCUT2D eigenvalue weighted by atomic mass is 16.9. The number of nitrogens with zero attached hydrogens (tertiary/aromatic N) is 3. The molecule has 238 valence electrons. The Balaban J connectivity index is 1.46. The average Bonchev–Trinajstić information content (AvgIpc) is 2.97. The van der Waals surface area contributed by atoms with Crippen LogP contribution in [0.5, 0.6) is 5.75 Å². The van der Waals surface area contributed by atoms with Crippen molar-refractivity contribution in [1.82, 2.24) is 15.1 Å². The van der Waals surface area contributed by atoms with E-state index in [9.17, 15) is 50.0 Å². The van der Waals surface area contributed by atoms with E-state index < -0.39 is 80.7 Å². The quantitative estimate of drug-likeness (QED) is 0.137. The molecule has 1 aromatic rings. The van der Waals surface area contributed by atoms with Crippen LogP contribution in [0, 0.1) is 27.9 Å². The lowest BCUT2D eigenvalue weighted by atomic mass is 9.55. The number of rotatable bonds is 7. The number of nitrogens with one attached hydrogen (secondary N) is 1. The third-order valence-electron chi connectivity index (χ3n) is 9.56. The monoisotopic (exact) mass is 616 g/mol. The molecule has 0 spiro atoms. The number of aromatic hydroxyl groups is 1. The first-order valence-electron chi connectivity index (χ1n) is 14.3. The number of carbonyl (C=O) groups excluding carboxylic acids is 3. The summed E-state index contributed by atoms with van der Waals surface area (Å²) in [7, 11) is 3.01. The summed E-state index contributed by atoms with van der Waals surface area (Å²) < 4.78 is 0. The van der Waals surface area contributed by atoms with Crippen molar-refractivity contribution in [3.63, 3.8) is 0 Å². The van der Waals surface area contributed by atoms with Crippen LogP contribution in [0.15, 0.2) is 40.9 Å². The molecule has 15 nitrogen and oxygen atoms in total. The first-order valence-corrected chi connectivity index (χ1v) is 14.3. The first kappa shape index (κ1) is 31.4. The van der Waals surface area contributed by atoms with Crippen molar-refractivity contribution < 1.29 is 49.8 Å². The summed E-state index contributed by atoms with van der Waals surface area (Å²) in [5, 5.41) is 69.3. The lowest BCUT2D eigenvalue weighted by molar-refractivity contribution is -0.759. The van der Waals surface area contributed by atoms with E-state index in [0.29, 0.717) is 31.5 Å². The van der Waals surface area contributed by atoms with E-state index in [1.807, 2.05) is 4.90 Å². The van der Waals surface area contributed by atoms with Gasteiger partial charge in [-0.25, -0.2) is 0 Å². The Morgan fingerprint density at radius 1 is 1.20 bits per heavy atom. The molecule has 44 heavy (non-hydrogen) atoms. The number of phenols is 1. The van der Waals surface area contributed by atoms with Gasteiger partial charge in [0, 0.05) is 24.6 Å². The van der Waals surface area contributed by atoms with Crippen LogP contribution in [-0.4, -0.2) is 116 Å². The van der Waals surface area contributed by atoms with Crippen LogP contribution in [-0.2, 0) is 14.4 Å². The van der Waals surface area contributed by atoms with Gasteiger partial charge in [-0.15, -0.1) is 10.1 Å². The maximum Gasteiger partial charge on any atom is 0.294 e. The molecular formula is C29H36N4O11. The van der Waals surface area contributed by atoms with Gasteiger partial charge in [0.2, 0.25) is 5.78 Å². The molecule has 0 saturated carbocycles. The summed E-state index contributed by atoms with van der Waals surface area (Å²) >= 11 is 0. The minimum Gasteiger partial charge on any atom is -0.510 e. The number of carbonyl (C=O) groups is 3. The van der Waals surface area contributed by atoms with Crippen molar-refractivity contribution in [1.29, 1.82) is 0 Å². The summed E-state index contributed by atoms with van der Waals surface area (Å²) in [4.78, 5) is 59.2. The molecule has 6 atom stereocenters. The zero-order valence-corrected chi connectivity index (χ0v) is 24.5. The molecule has 3 aliphatic carbocycles. The Morgan fingerprint density at radius 2 is 1.86 bits per heavy atom. The van der Waals surface area contributed by atoms with E-state index >= 15 is 0 Å². The Kier molecular flexibility index (Phi) is 8.18. The van der Waals surface area contributed by atoms with Gasteiger partial charge in [-0.1, -0.05) is 19.1 Å². The third-order valence-corrected chi connectivity index (χ3v) is 9.56. The normalized spacial score (nSPS) is 31.0. The fourth-order valence-electron chi connectivity index (χ4n) is 7.31. The number of aliphatic hydroxyl groups excluding tert-OH is 3. The van der Waals surface area contributed by atoms with Crippen molar-refractivity contribution in [2.75, 3.05) is 40.5 Å². The Labute approximate surface area is 252 Å². The minimum absolute atomic E-state index is 0.0354. The largest absolute Gasteiger partial charge is 0.510 e. The predicted molar refractivity (Wildman–Crippen MR) is 151 cm³/mol. The number of benzene rings is 1. The lowest BCUT2D eigenvalue weighted by Gasteiger charge is -2.53. The maximum atomic E-state index is 14.0. The molecule has 1 amide bonds. The van der Waals surface area contributed by atoms with E-state index in [0.717, 1.165) is 0 Å². The molecule has 15 heteroatoms. The van der Waals surface area contributed by atoms with Crippen molar-refractivity contribution in [2.45, 2.75) is 43.4 Å². The lowest BCUT2D eigenvalue weighted by Crippen LogP contribution is -2.68. The number of ketones is 2. The van der Waals surface area contributed by atoms with Gasteiger partial charge in [-0.3, -0.25) is 24.2 Å². The third kappa shape index (κ3) is 4.80. The molecule has 1 fully saturated rings. The molecule has 6 N–H and O–H groups in total. The molecule has 1 heterocycles. The highest BCUT2D eigenvalue weighted by Gasteiger charge is 2.67. The number of phenolic OH excluding ortho intramolecular Hbond substituents is 1. The highest BCUT2D eigenvalue weighted by Crippen LogP contribution is 2.55.